The van der Waals surface area contributed by atoms with Gasteiger partial charge in [0.05, 0.1) is 6.04 Å². The van der Waals surface area contributed by atoms with E-state index in [9.17, 15) is 4.39 Å². The molecule has 2 N–H and O–H groups in total. The molecule has 0 aliphatic heterocycles. The first-order chi connectivity index (χ1) is 8.74. The van der Waals surface area contributed by atoms with Gasteiger partial charge in [-0.2, -0.15) is 0 Å². The molecule has 0 radical (unpaired) electrons. The number of allylic oxidation sites excluding steroid dienone is 1. The fraction of sp³-hybridized carbons (Fsp3) is 0.333. The van der Waals surface area contributed by atoms with Crippen LogP contribution < -0.4 is 5.73 Å². The minimum atomic E-state index is -0.183. The summed E-state index contributed by atoms with van der Waals surface area (Å²) in [6.45, 7) is 0. The lowest BCUT2D eigenvalue weighted by Crippen LogP contribution is -2.13. The van der Waals surface area contributed by atoms with Gasteiger partial charge in [0, 0.05) is 9.58 Å². The van der Waals surface area contributed by atoms with Crippen LogP contribution >= 0.6 is 11.3 Å². The molecule has 0 amide bonds. The molecular weight excluding hydrogens is 245 g/mol. The van der Waals surface area contributed by atoms with Crippen molar-refractivity contribution in [3.05, 3.63) is 46.6 Å². The highest BCUT2D eigenvalue weighted by molar-refractivity contribution is 7.19. The van der Waals surface area contributed by atoms with Crippen LogP contribution in [0.15, 0.2) is 35.9 Å². The molecule has 1 unspecified atom stereocenters. The molecule has 1 heterocycles. The third kappa shape index (κ3) is 2.20. The third-order valence-corrected chi connectivity index (χ3v) is 4.73. The summed E-state index contributed by atoms with van der Waals surface area (Å²) in [6.07, 6.45) is 7.03. The first-order valence-electron chi connectivity index (χ1n) is 6.37. The predicted molar refractivity (Wildman–Crippen MR) is 75.3 cm³/mol. The molecule has 0 saturated heterocycles. The maximum Gasteiger partial charge on any atom is 0.123 e. The van der Waals surface area contributed by atoms with E-state index >= 15 is 0 Å². The Morgan fingerprint density at radius 2 is 2.11 bits per heavy atom. The molecule has 1 aliphatic carbocycles. The number of benzene rings is 1. The molecule has 1 aromatic heterocycles. The topological polar surface area (TPSA) is 26.0 Å². The SMILES string of the molecule is NC(C1=CCCCC1)c1cc2cc(F)ccc2s1. The van der Waals surface area contributed by atoms with E-state index in [0.717, 1.165) is 27.8 Å². The highest BCUT2D eigenvalue weighted by Crippen LogP contribution is 2.35. The molecule has 1 aromatic carbocycles. The van der Waals surface area contributed by atoms with Gasteiger partial charge in [0.15, 0.2) is 0 Å². The first kappa shape index (κ1) is 11.9. The molecule has 0 saturated carbocycles. The van der Waals surface area contributed by atoms with E-state index in [4.69, 9.17) is 5.73 Å². The van der Waals surface area contributed by atoms with Crippen molar-refractivity contribution < 1.29 is 4.39 Å². The summed E-state index contributed by atoms with van der Waals surface area (Å²) in [4.78, 5) is 1.14. The van der Waals surface area contributed by atoms with Crippen LogP contribution in [0.1, 0.15) is 36.6 Å². The van der Waals surface area contributed by atoms with Crippen molar-refractivity contribution in [3.8, 4) is 0 Å². The van der Waals surface area contributed by atoms with Gasteiger partial charge in [-0.05, 0) is 55.3 Å². The standard InChI is InChI=1S/C15H16FNS/c16-12-6-7-13-11(8-12)9-14(18-13)15(17)10-4-2-1-3-5-10/h4,6-9,15H,1-3,5,17H2. The zero-order valence-corrected chi connectivity index (χ0v) is 11.0. The Labute approximate surface area is 110 Å². The molecule has 94 valence electrons. The van der Waals surface area contributed by atoms with Crippen molar-refractivity contribution in [1.82, 2.24) is 0 Å². The van der Waals surface area contributed by atoms with Gasteiger partial charge in [-0.1, -0.05) is 11.6 Å². The maximum atomic E-state index is 13.2. The number of rotatable bonds is 2. The Balaban J connectivity index is 1.96. The summed E-state index contributed by atoms with van der Waals surface area (Å²) in [7, 11) is 0. The lowest BCUT2D eigenvalue weighted by molar-refractivity contribution is 0.630. The van der Waals surface area contributed by atoms with Gasteiger partial charge in [-0.25, -0.2) is 4.39 Å². The fourth-order valence-corrected chi connectivity index (χ4v) is 3.61. The van der Waals surface area contributed by atoms with Crippen LogP contribution in [0.5, 0.6) is 0 Å². The van der Waals surface area contributed by atoms with E-state index in [1.807, 2.05) is 12.1 Å². The third-order valence-electron chi connectivity index (χ3n) is 3.53. The van der Waals surface area contributed by atoms with Crippen LogP contribution in [0.25, 0.3) is 10.1 Å². The molecule has 1 aliphatic rings. The Kier molecular flexibility index (Phi) is 3.18. The summed E-state index contributed by atoms with van der Waals surface area (Å²) in [5.41, 5.74) is 7.66. The summed E-state index contributed by atoms with van der Waals surface area (Å²) >= 11 is 1.68. The second-order valence-electron chi connectivity index (χ2n) is 4.83. The van der Waals surface area contributed by atoms with Crippen molar-refractivity contribution >= 4 is 21.4 Å². The van der Waals surface area contributed by atoms with E-state index < -0.39 is 0 Å². The average molecular weight is 261 g/mol. The van der Waals surface area contributed by atoms with Crippen molar-refractivity contribution in [3.63, 3.8) is 0 Å². The molecule has 3 heteroatoms. The Hall–Kier alpha value is -1.19. The van der Waals surface area contributed by atoms with Crippen LogP contribution in [0.2, 0.25) is 0 Å². The van der Waals surface area contributed by atoms with Crippen molar-refractivity contribution in [2.45, 2.75) is 31.7 Å². The Morgan fingerprint density at radius 1 is 1.22 bits per heavy atom. The highest BCUT2D eigenvalue weighted by atomic mass is 32.1. The normalized spacial score (nSPS) is 17.8. The van der Waals surface area contributed by atoms with Crippen molar-refractivity contribution in [1.29, 1.82) is 0 Å². The van der Waals surface area contributed by atoms with Gasteiger partial charge in [-0.15, -0.1) is 11.3 Å². The first-order valence-corrected chi connectivity index (χ1v) is 7.19. The van der Waals surface area contributed by atoms with Crippen LogP contribution in [-0.4, -0.2) is 0 Å². The second-order valence-corrected chi connectivity index (χ2v) is 5.95. The molecule has 0 bridgehead atoms. The lowest BCUT2D eigenvalue weighted by Gasteiger charge is -2.18. The number of nitrogens with two attached hydrogens (primary N) is 1. The molecule has 18 heavy (non-hydrogen) atoms. The summed E-state index contributed by atoms with van der Waals surface area (Å²) in [5, 5.41) is 0.960. The fourth-order valence-electron chi connectivity index (χ4n) is 2.52. The zero-order chi connectivity index (χ0) is 12.5. The Bertz CT molecular complexity index is 600. The number of fused-ring (bicyclic) bond motifs is 1. The van der Waals surface area contributed by atoms with Crippen molar-refractivity contribution in [2.75, 3.05) is 0 Å². The molecule has 1 nitrogen and oxygen atoms in total. The quantitative estimate of drug-likeness (QED) is 0.789. The Morgan fingerprint density at radius 3 is 2.89 bits per heavy atom. The van der Waals surface area contributed by atoms with E-state index in [1.165, 1.54) is 24.5 Å². The molecular formula is C15H16FNS. The number of halogens is 1. The van der Waals surface area contributed by atoms with Crippen LogP contribution in [-0.2, 0) is 0 Å². The van der Waals surface area contributed by atoms with E-state index in [1.54, 1.807) is 17.4 Å². The van der Waals surface area contributed by atoms with Gasteiger partial charge in [-0.3, -0.25) is 0 Å². The smallest absolute Gasteiger partial charge is 0.123 e. The minimum absolute atomic E-state index is 0.00855. The van der Waals surface area contributed by atoms with Gasteiger partial charge in [0.25, 0.3) is 0 Å². The zero-order valence-electron chi connectivity index (χ0n) is 10.2. The molecule has 2 aromatic rings. The largest absolute Gasteiger partial charge is 0.320 e. The molecule has 0 fully saturated rings. The van der Waals surface area contributed by atoms with Crippen molar-refractivity contribution in [2.24, 2.45) is 5.73 Å². The predicted octanol–water partition coefficient (Wildman–Crippen LogP) is 4.54. The van der Waals surface area contributed by atoms with E-state index in [2.05, 4.69) is 6.08 Å². The summed E-state index contributed by atoms with van der Waals surface area (Å²) in [6, 6.07) is 6.95. The number of thiophene rings is 1. The highest BCUT2D eigenvalue weighted by Gasteiger charge is 2.16. The van der Waals surface area contributed by atoms with Crippen LogP contribution in [0.4, 0.5) is 4.39 Å². The molecule has 0 spiro atoms. The summed E-state index contributed by atoms with van der Waals surface area (Å²) in [5.74, 6) is -0.183. The maximum absolute atomic E-state index is 13.2. The second kappa shape index (κ2) is 4.82. The average Bonchev–Trinajstić information content (AvgIpc) is 2.81. The molecule has 3 rings (SSSR count). The summed E-state index contributed by atoms with van der Waals surface area (Å²) < 4.78 is 14.3. The van der Waals surface area contributed by atoms with Gasteiger partial charge >= 0.3 is 0 Å². The van der Waals surface area contributed by atoms with Gasteiger partial charge in [0.1, 0.15) is 5.82 Å². The number of hydrogen-bond acceptors (Lipinski definition) is 2. The monoisotopic (exact) mass is 261 g/mol. The van der Waals surface area contributed by atoms with E-state index in [-0.39, 0.29) is 11.9 Å². The van der Waals surface area contributed by atoms with E-state index in [0.29, 0.717) is 0 Å². The van der Waals surface area contributed by atoms with Gasteiger partial charge < -0.3 is 5.73 Å². The number of hydrogen-bond donors (Lipinski definition) is 1. The molecule has 1 atom stereocenters. The van der Waals surface area contributed by atoms with Crippen LogP contribution in [0.3, 0.4) is 0 Å². The van der Waals surface area contributed by atoms with Gasteiger partial charge in [0.2, 0.25) is 0 Å². The lowest BCUT2D eigenvalue weighted by atomic mass is 9.93. The van der Waals surface area contributed by atoms with Crippen LogP contribution in [0, 0.1) is 5.82 Å². The minimum Gasteiger partial charge on any atom is -0.320 e.